The minimum absolute atomic E-state index is 0.0237. The zero-order chi connectivity index (χ0) is 16.6. The van der Waals surface area contributed by atoms with Gasteiger partial charge in [0.05, 0.1) is 13.3 Å². The highest BCUT2D eigenvalue weighted by molar-refractivity contribution is 5.76. The summed E-state index contributed by atoms with van der Waals surface area (Å²) in [5.41, 5.74) is 1.19. The van der Waals surface area contributed by atoms with Gasteiger partial charge in [-0.2, -0.15) is 0 Å². The molecule has 1 rings (SSSR count). The van der Waals surface area contributed by atoms with E-state index in [4.69, 9.17) is 4.74 Å². The maximum Gasteiger partial charge on any atom is 0.221 e. The topological polar surface area (TPSA) is 50.4 Å². The van der Waals surface area contributed by atoms with Crippen molar-refractivity contribution < 1.29 is 9.53 Å². The summed E-state index contributed by atoms with van der Waals surface area (Å²) in [6.45, 7) is 12.4. The molecule has 4 nitrogen and oxygen atoms in total. The van der Waals surface area contributed by atoms with Gasteiger partial charge < -0.3 is 10.1 Å². The zero-order valence-corrected chi connectivity index (χ0v) is 14.5. The molecule has 22 heavy (non-hydrogen) atoms. The smallest absolute Gasteiger partial charge is 0.221 e. The van der Waals surface area contributed by atoms with Gasteiger partial charge in [-0.15, -0.1) is 0 Å². The molecule has 0 radical (unpaired) electrons. The summed E-state index contributed by atoms with van der Waals surface area (Å²) in [7, 11) is 0. The Morgan fingerprint density at radius 3 is 2.36 bits per heavy atom. The molecule has 1 aromatic carbocycles. The van der Waals surface area contributed by atoms with E-state index < -0.39 is 0 Å². The van der Waals surface area contributed by atoms with E-state index in [0.717, 1.165) is 18.9 Å². The van der Waals surface area contributed by atoms with Crippen LogP contribution in [0, 0.1) is 11.3 Å². The van der Waals surface area contributed by atoms with Crippen molar-refractivity contribution in [3.05, 3.63) is 29.8 Å². The van der Waals surface area contributed by atoms with Gasteiger partial charge in [0.25, 0.3) is 0 Å². The molecular formula is C18H30N2O2. The standard InChI is InChI=1S/C18H30N2O2/c1-14(2)12-22-16-8-6-15(7-9-16)11-19-13-20-17(21)10-18(3,4)5/h6-9,14,19H,10-13H2,1-5H3,(H,20,21). The first-order valence-corrected chi connectivity index (χ1v) is 7.95. The molecule has 0 bridgehead atoms. The molecule has 0 saturated carbocycles. The third kappa shape index (κ3) is 8.67. The van der Waals surface area contributed by atoms with Crippen LogP contribution in [0.1, 0.15) is 46.6 Å². The van der Waals surface area contributed by atoms with Gasteiger partial charge in [-0.25, -0.2) is 0 Å². The van der Waals surface area contributed by atoms with E-state index in [0.29, 0.717) is 19.0 Å². The van der Waals surface area contributed by atoms with Crippen molar-refractivity contribution in [1.29, 1.82) is 0 Å². The molecule has 1 amide bonds. The maximum atomic E-state index is 11.7. The molecule has 2 N–H and O–H groups in total. The quantitative estimate of drug-likeness (QED) is 0.572. The zero-order valence-electron chi connectivity index (χ0n) is 14.5. The van der Waals surface area contributed by atoms with Crippen LogP contribution in [0.15, 0.2) is 24.3 Å². The molecule has 0 aliphatic carbocycles. The molecular weight excluding hydrogens is 276 g/mol. The van der Waals surface area contributed by atoms with Crippen LogP contribution in [0.25, 0.3) is 0 Å². The molecule has 0 atom stereocenters. The highest BCUT2D eigenvalue weighted by atomic mass is 16.5. The van der Waals surface area contributed by atoms with Crippen molar-refractivity contribution in [3.8, 4) is 5.75 Å². The lowest BCUT2D eigenvalue weighted by atomic mass is 9.92. The third-order valence-electron chi connectivity index (χ3n) is 2.94. The summed E-state index contributed by atoms with van der Waals surface area (Å²) < 4.78 is 5.65. The molecule has 0 spiro atoms. The van der Waals surface area contributed by atoms with E-state index in [2.05, 4.69) is 45.3 Å². The molecule has 1 aromatic rings. The molecule has 4 heteroatoms. The van der Waals surface area contributed by atoms with Crippen LogP contribution in [0.3, 0.4) is 0 Å². The minimum Gasteiger partial charge on any atom is -0.493 e. The van der Waals surface area contributed by atoms with Gasteiger partial charge in [0.2, 0.25) is 5.91 Å². The summed E-state index contributed by atoms with van der Waals surface area (Å²) in [6, 6.07) is 8.05. The van der Waals surface area contributed by atoms with Crippen molar-refractivity contribution in [2.75, 3.05) is 13.3 Å². The Morgan fingerprint density at radius 1 is 1.18 bits per heavy atom. The molecule has 0 aliphatic heterocycles. The number of hydrogen-bond acceptors (Lipinski definition) is 3. The van der Waals surface area contributed by atoms with E-state index >= 15 is 0 Å². The lowest BCUT2D eigenvalue weighted by Crippen LogP contribution is -2.35. The monoisotopic (exact) mass is 306 g/mol. The van der Waals surface area contributed by atoms with Gasteiger partial charge in [-0.1, -0.05) is 46.8 Å². The summed E-state index contributed by atoms with van der Waals surface area (Å²) >= 11 is 0. The first-order chi connectivity index (χ1) is 10.3. The van der Waals surface area contributed by atoms with Crippen LogP contribution in [0.5, 0.6) is 5.75 Å². The van der Waals surface area contributed by atoms with Gasteiger partial charge in [0.15, 0.2) is 0 Å². The predicted molar refractivity (Wildman–Crippen MR) is 90.7 cm³/mol. The Bertz CT molecular complexity index is 447. The largest absolute Gasteiger partial charge is 0.493 e. The second-order valence-electron chi connectivity index (χ2n) is 7.29. The number of hydrogen-bond donors (Lipinski definition) is 2. The maximum absolute atomic E-state index is 11.7. The average Bonchev–Trinajstić information content (AvgIpc) is 2.40. The number of carbonyl (C=O) groups is 1. The third-order valence-corrected chi connectivity index (χ3v) is 2.94. The van der Waals surface area contributed by atoms with Crippen molar-refractivity contribution in [3.63, 3.8) is 0 Å². The molecule has 0 aliphatic rings. The number of carbonyl (C=O) groups excluding carboxylic acids is 1. The van der Waals surface area contributed by atoms with Crippen molar-refractivity contribution in [2.24, 2.45) is 11.3 Å². The molecule has 0 heterocycles. The highest BCUT2D eigenvalue weighted by Gasteiger charge is 2.15. The van der Waals surface area contributed by atoms with Crippen molar-refractivity contribution in [1.82, 2.24) is 10.6 Å². The van der Waals surface area contributed by atoms with Crippen molar-refractivity contribution in [2.45, 2.75) is 47.6 Å². The fourth-order valence-corrected chi connectivity index (χ4v) is 1.88. The van der Waals surface area contributed by atoms with E-state index in [-0.39, 0.29) is 11.3 Å². The van der Waals surface area contributed by atoms with Crippen molar-refractivity contribution >= 4 is 5.91 Å². The first-order valence-electron chi connectivity index (χ1n) is 7.95. The summed E-state index contributed by atoms with van der Waals surface area (Å²) in [5, 5.41) is 6.09. The molecule has 0 unspecified atom stereocenters. The van der Waals surface area contributed by atoms with Gasteiger partial charge in [0.1, 0.15) is 5.75 Å². The molecule has 0 aromatic heterocycles. The molecule has 124 valence electrons. The molecule has 0 saturated heterocycles. The summed E-state index contributed by atoms with van der Waals surface area (Å²) in [6.07, 6.45) is 0.538. The fraction of sp³-hybridized carbons (Fsp3) is 0.611. The Hall–Kier alpha value is -1.55. The SMILES string of the molecule is CC(C)COc1ccc(CNCNC(=O)CC(C)(C)C)cc1. The Labute approximate surface area is 134 Å². The van der Waals surface area contributed by atoms with Crippen LogP contribution in [0.4, 0.5) is 0 Å². The van der Waals surface area contributed by atoms with E-state index in [1.165, 1.54) is 5.56 Å². The lowest BCUT2D eigenvalue weighted by Gasteiger charge is -2.17. The number of ether oxygens (including phenoxy) is 1. The van der Waals surface area contributed by atoms with Gasteiger partial charge >= 0.3 is 0 Å². The van der Waals surface area contributed by atoms with Crippen LogP contribution in [-0.2, 0) is 11.3 Å². The van der Waals surface area contributed by atoms with Gasteiger partial charge in [-0.3, -0.25) is 10.1 Å². The second-order valence-corrected chi connectivity index (χ2v) is 7.29. The number of nitrogens with one attached hydrogen (secondary N) is 2. The van der Waals surface area contributed by atoms with Crippen LogP contribution < -0.4 is 15.4 Å². The minimum atomic E-state index is 0.0237. The van der Waals surface area contributed by atoms with Crippen LogP contribution in [-0.4, -0.2) is 19.2 Å². The Balaban J connectivity index is 2.24. The summed E-state index contributed by atoms with van der Waals surface area (Å²) in [4.78, 5) is 11.7. The van der Waals surface area contributed by atoms with E-state index in [1.807, 2.05) is 24.3 Å². The van der Waals surface area contributed by atoms with Crippen LogP contribution >= 0.6 is 0 Å². The predicted octanol–water partition coefficient (Wildman–Crippen LogP) is 3.32. The van der Waals surface area contributed by atoms with E-state index in [9.17, 15) is 4.79 Å². The number of amides is 1. The normalized spacial score (nSPS) is 11.5. The summed E-state index contributed by atoms with van der Waals surface area (Å²) in [5.74, 6) is 1.51. The number of benzene rings is 1. The van der Waals surface area contributed by atoms with Gasteiger partial charge in [0, 0.05) is 13.0 Å². The van der Waals surface area contributed by atoms with E-state index in [1.54, 1.807) is 0 Å². The highest BCUT2D eigenvalue weighted by Crippen LogP contribution is 2.17. The Morgan fingerprint density at radius 2 is 1.82 bits per heavy atom. The molecule has 0 fully saturated rings. The van der Waals surface area contributed by atoms with Gasteiger partial charge in [-0.05, 0) is 29.0 Å². The first kappa shape index (κ1) is 18.5. The fourth-order valence-electron chi connectivity index (χ4n) is 1.88. The lowest BCUT2D eigenvalue weighted by molar-refractivity contribution is -0.122. The average molecular weight is 306 g/mol. The number of rotatable bonds is 8. The second kappa shape index (κ2) is 8.79. The Kier molecular flexibility index (Phi) is 7.39. The van der Waals surface area contributed by atoms with Crippen LogP contribution in [0.2, 0.25) is 0 Å².